The molecule has 0 aliphatic heterocycles. The molecule has 2 aromatic rings. The third-order valence-electron chi connectivity index (χ3n) is 6.74. The second-order valence-electron chi connectivity index (χ2n) is 7.72. The summed E-state index contributed by atoms with van der Waals surface area (Å²) >= 11 is 0. The summed E-state index contributed by atoms with van der Waals surface area (Å²) in [7, 11) is 0. The van der Waals surface area contributed by atoms with E-state index in [1.54, 1.807) is 22.3 Å². The Morgan fingerprint density at radius 3 is 1.59 bits per heavy atom. The SMILES string of the molecule is Cc1ccc(C)c2c1C1c3ccccc3C2C2CCCCC12. The number of rotatable bonds is 0. The molecule has 4 aliphatic rings. The van der Waals surface area contributed by atoms with Crippen molar-refractivity contribution in [1.29, 1.82) is 0 Å². The average Bonchev–Trinajstić information content (AvgIpc) is 2.58. The monoisotopic (exact) mass is 288 g/mol. The fourth-order valence-electron chi connectivity index (χ4n) is 5.97. The van der Waals surface area contributed by atoms with Gasteiger partial charge in [-0.1, -0.05) is 49.2 Å². The first-order valence-corrected chi connectivity index (χ1v) is 8.96. The van der Waals surface area contributed by atoms with Gasteiger partial charge < -0.3 is 0 Å². The van der Waals surface area contributed by atoms with E-state index in [-0.39, 0.29) is 0 Å². The van der Waals surface area contributed by atoms with E-state index in [0.717, 1.165) is 11.8 Å². The summed E-state index contributed by atoms with van der Waals surface area (Å²) in [5, 5.41) is 0. The molecular formula is C22H24. The van der Waals surface area contributed by atoms with Crippen LogP contribution in [0.3, 0.4) is 0 Å². The van der Waals surface area contributed by atoms with E-state index < -0.39 is 0 Å². The van der Waals surface area contributed by atoms with E-state index >= 15 is 0 Å². The Hall–Kier alpha value is -1.56. The number of hydrogen-bond acceptors (Lipinski definition) is 0. The molecule has 0 heterocycles. The van der Waals surface area contributed by atoms with Crippen LogP contribution in [0.15, 0.2) is 36.4 Å². The zero-order valence-electron chi connectivity index (χ0n) is 13.6. The highest BCUT2D eigenvalue weighted by Crippen LogP contribution is 2.62. The normalized spacial score (nSPS) is 31.4. The van der Waals surface area contributed by atoms with Gasteiger partial charge in [-0.3, -0.25) is 0 Å². The molecule has 1 fully saturated rings. The molecule has 112 valence electrons. The molecule has 22 heavy (non-hydrogen) atoms. The highest BCUT2D eigenvalue weighted by atomic mass is 14.5. The third-order valence-corrected chi connectivity index (χ3v) is 6.74. The molecule has 4 aliphatic carbocycles. The predicted molar refractivity (Wildman–Crippen MR) is 91.5 cm³/mol. The lowest BCUT2D eigenvalue weighted by atomic mass is 9.50. The van der Waals surface area contributed by atoms with Crippen molar-refractivity contribution >= 4 is 0 Å². The van der Waals surface area contributed by atoms with E-state index in [2.05, 4.69) is 50.2 Å². The molecule has 0 saturated heterocycles. The van der Waals surface area contributed by atoms with Gasteiger partial charge in [-0.05, 0) is 71.9 Å². The summed E-state index contributed by atoms with van der Waals surface area (Å²) in [6.45, 7) is 4.67. The molecule has 0 aromatic heterocycles. The van der Waals surface area contributed by atoms with Crippen LogP contribution in [0, 0.1) is 25.7 Å². The minimum atomic E-state index is 0.668. The minimum absolute atomic E-state index is 0.668. The van der Waals surface area contributed by atoms with E-state index in [4.69, 9.17) is 0 Å². The van der Waals surface area contributed by atoms with Crippen LogP contribution in [0.2, 0.25) is 0 Å². The molecule has 2 aromatic carbocycles. The highest BCUT2D eigenvalue weighted by Gasteiger charge is 2.50. The minimum Gasteiger partial charge on any atom is -0.0620 e. The Balaban J connectivity index is 1.85. The van der Waals surface area contributed by atoms with Crippen molar-refractivity contribution < 1.29 is 0 Å². The summed E-state index contributed by atoms with van der Waals surface area (Å²) in [6.07, 6.45) is 5.75. The third kappa shape index (κ3) is 1.49. The fraction of sp³-hybridized carbons (Fsp3) is 0.455. The Bertz CT molecular complexity index is 691. The summed E-state index contributed by atoms with van der Waals surface area (Å²) in [6, 6.07) is 14.1. The van der Waals surface area contributed by atoms with Crippen LogP contribution in [0.5, 0.6) is 0 Å². The Morgan fingerprint density at radius 2 is 1.14 bits per heavy atom. The summed E-state index contributed by atoms with van der Waals surface area (Å²) in [4.78, 5) is 0. The van der Waals surface area contributed by atoms with Gasteiger partial charge in [0, 0.05) is 11.8 Å². The van der Waals surface area contributed by atoms with Crippen molar-refractivity contribution in [3.63, 3.8) is 0 Å². The molecule has 0 heteroatoms. The van der Waals surface area contributed by atoms with Crippen LogP contribution in [0.25, 0.3) is 0 Å². The van der Waals surface area contributed by atoms with Crippen molar-refractivity contribution in [2.75, 3.05) is 0 Å². The zero-order chi connectivity index (χ0) is 14.8. The van der Waals surface area contributed by atoms with Crippen molar-refractivity contribution in [2.45, 2.75) is 51.4 Å². The van der Waals surface area contributed by atoms with Crippen LogP contribution in [0.4, 0.5) is 0 Å². The first-order chi connectivity index (χ1) is 10.8. The molecule has 0 radical (unpaired) electrons. The largest absolute Gasteiger partial charge is 0.0620 e. The number of aryl methyl sites for hydroxylation is 2. The van der Waals surface area contributed by atoms with Gasteiger partial charge in [0.1, 0.15) is 0 Å². The maximum Gasteiger partial charge on any atom is 0.0129 e. The van der Waals surface area contributed by atoms with Crippen molar-refractivity contribution in [3.8, 4) is 0 Å². The maximum absolute atomic E-state index is 2.42. The van der Waals surface area contributed by atoms with Gasteiger partial charge in [-0.15, -0.1) is 0 Å². The zero-order valence-corrected chi connectivity index (χ0v) is 13.6. The lowest BCUT2D eigenvalue weighted by Gasteiger charge is -2.54. The maximum atomic E-state index is 2.42. The van der Waals surface area contributed by atoms with Gasteiger partial charge in [0.2, 0.25) is 0 Å². The molecule has 0 spiro atoms. The van der Waals surface area contributed by atoms with Gasteiger partial charge in [-0.25, -0.2) is 0 Å². The van der Waals surface area contributed by atoms with Crippen molar-refractivity contribution in [2.24, 2.45) is 11.8 Å². The van der Waals surface area contributed by atoms with Crippen LogP contribution in [-0.4, -0.2) is 0 Å². The van der Waals surface area contributed by atoms with Crippen LogP contribution in [0.1, 0.15) is 70.9 Å². The Morgan fingerprint density at radius 1 is 0.682 bits per heavy atom. The van der Waals surface area contributed by atoms with Gasteiger partial charge in [0.25, 0.3) is 0 Å². The first kappa shape index (κ1) is 12.9. The summed E-state index contributed by atoms with van der Waals surface area (Å²) < 4.78 is 0. The quantitative estimate of drug-likeness (QED) is 0.583. The molecule has 0 N–H and O–H groups in total. The standard InChI is InChI=1S/C22H24/c1-13-11-12-14(2)20-19(13)21-15-7-3-5-9-17(15)22(20)18-10-6-4-8-16(18)21/h3,5,7,9,11-12,16,18,21-22H,4,6,8,10H2,1-2H3. The fourth-order valence-corrected chi connectivity index (χ4v) is 5.97. The van der Waals surface area contributed by atoms with Gasteiger partial charge in [-0.2, -0.15) is 0 Å². The lowest BCUT2D eigenvalue weighted by molar-refractivity contribution is 0.162. The van der Waals surface area contributed by atoms with Crippen LogP contribution in [-0.2, 0) is 0 Å². The Labute approximate surface area is 133 Å². The lowest BCUT2D eigenvalue weighted by Crippen LogP contribution is -2.42. The van der Waals surface area contributed by atoms with Crippen LogP contribution < -0.4 is 0 Å². The molecule has 6 rings (SSSR count). The number of hydrogen-bond donors (Lipinski definition) is 0. The van der Waals surface area contributed by atoms with E-state index in [1.807, 2.05) is 0 Å². The molecule has 1 saturated carbocycles. The van der Waals surface area contributed by atoms with Crippen molar-refractivity contribution in [3.05, 3.63) is 69.8 Å². The smallest absolute Gasteiger partial charge is 0.0129 e. The summed E-state index contributed by atoms with van der Waals surface area (Å²) in [5.74, 6) is 3.12. The molecule has 4 atom stereocenters. The van der Waals surface area contributed by atoms with Gasteiger partial charge in [0.15, 0.2) is 0 Å². The average molecular weight is 288 g/mol. The van der Waals surface area contributed by atoms with Crippen molar-refractivity contribution in [1.82, 2.24) is 0 Å². The Kier molecular flexibility index (Phi) is 2.63. The number of benzene rings is 2. The molecule has 0 nitrogen and oxygen atoms in total. The highest BCUT2D eigenvalue weighted by molar-refractivity contribution is 5.61. The molecular weight excluding hydrogens is 264 g/mol. The van der Waals surface area contributed by atoms with E-state index in [9.17, 15) is 0 Å². The van der Waals surface area contributed by atoms with Gasteiger partial charge in [0.05, 0.1) is 0 Å². The second kappa shape index (κ2) is 4.47. The first-order valence-electron chi connectivity index (χ1n) is 8.96. The van der Waals surface area contributed by atoms with E-state index in [0.29, 0.717) is 11.8 Å². The van der Waals surface area contributed by atoms with E-state index in [1.165, 1.54) is 36.8 Å². The van der Waals surface area contributed by atoms with Crippen LogP contribution >= 0.6 is 0 Å². The molecule has 2 bridgehead atoms. The molecule has 0 amide bonds. The topological polar surface area (TPSA) is 0 Å². The summed E-state index contributed by atoms with van der Waals surface area (Å²) in [5.41, 5.74) is 9.75. The molecule has 4 unspecified atom stereocenters. The van der Waals surface area contributed by atoms with Gasteiger partial charge >= 0.3 is 0 Å². The predicted octanol–water partition coefficient (Wildman–Crippen LogP) is 5.70. The second-order valence-corrected chi connectivity index (χ2v) is 7.72.